The van der Waals surface area contributed by atoms with E-state index in [9.17, 15) is 4.79 Å². The quantitative estimate of drug-likeness (QED) is 0.857. The molecule has 1 spiro atoms. The first-order valence-corrected chi connectivity index (χ1v) is 8.31. The average molecular weight is 305 g/mol. The second kappa shape index (κ2) is 5.70. The lowest BCUT2D eigenvalue weighted by atomic mass is 9.88. The molecule has 5 heteroatoms. The van der Waals surface area contributed by atoms with Crippen LogP contribution in [-0.2, 0) is 9.47 Å². The van der Waals surface area contributed by atoms with Crippen molar-refractivity contribution >= 4 is 5.91 Å². The minimum atomic E-state index is -0.0681. The van der Waals surface area contributed by atoms with Gasteiger partial charge in [-0.3, -0.25) is 4.79 Å². The number of piperidine rings is 1. The Morgan fingerprint density at radius 2 is 2.18 bits per heavy atom. The highest BCUT2D eigenvalue weighted by molar-refractivity contribution is 5.93. The Hall–Kier alpha value is -1.33. The molecule has 1 amide bonds. The summed E-state index contributed by atoms with van der Waals surface area (Å²) in [5.41, 5.74) is 0.565. The third kappa shape index (κ3) is 2.92. The maximum Gasteiger partial charge on any atom is 0.257 e. The van der Waals surface area contributed by atoms with Crippen LogP contribution in [0.5, 0.6) is 0 Å². The van der Waals surface area contributed by atoms with Crippen molar-refractivity contribution < 1.29 is 18.7 Å². The van der Waals surface area contributed by atoms with E-state index in [1.54, 1.807) is 12.3 Å². The summed E-state index contributed by atoms with van der Waals surface area (Å²) in [6.07, 6.45) is 8.73. The number of hydrogen-bond acceptors (Lipinski definition) is 4. The smallest absolute Gasteiger partial charge is 0.257 e. The van der Waals surface area contributed by atoms with Gasteiger partial charge in [-0.2, -0.15) is 0 Å². The summed E-state index contributed by atoms with van der Waals surface area (Å²) in [5, 5.41) is 0. The number of nitrogens with zero attached hydrogens (tertiary/aromatic N) is 1. The van der Waals surface area contributed by atoms with Gasteiger partial charge in [0.05, 0.1) is 30.1 Å². The van der Waals surface area contributed by atoms with Crippen molar-refractivity contribution in [1.29, 1.82) is 0 Å². The summed E-state index contributed by atoms with van der Waals surface area (Å²) < 4.78 is 17.1. The molecule has 0 N–H and O–H groups in total. The molecule has 1 saturated carbocycles. The first kappa shape index (κ1) is 14.3. The molecule has 0 bridgehead atoms. The Morgan fingerprint density at radius 1 is 1.36 bits per heavy atom. The van der Waals surface area contributed by atoms with E-state index in [1.807, 2.05) is 4.90 Å². The molecule has 2 aliphatic heterocycles. The molecule has 1 atom stereocenters. The number of rotatable bonds is 4. The number of likely N-dealkylation sites (tertiary alicyclic amines) is 1. The van der Waals surface area contributed by atoms with Crippen LogP contribution in [0.25, 0.3) is 0 Å². The van der Waals surface area contributed by atoms with Crippen LogP contribution in [0.2, 0.25) is 0 Å². The van der Waals surface area contributed by atoms with Crippen molar-refractivity contribution in [2.45, 2.75) is 43.8 Å². The summed E-state index contributed by atoms with van der Waals surface area (Å²) in [4.78, 5) is 14.2. The highest BCUT2D eigenvalue weighted by Gasteiger charge is 2.44. The van der Waals surface area contributed by atoms with Crippen LogP contribution in [0.1, 0.15) is 42.5 Å². The summed E-state index contributed by atoms with van der Waals surface area (Å²) in [6.45, 7) is 3.11. The number of hydrogen-bond donors (Lipinski definition) is 0. The second-order valence-corrected chi connectivity index (χ2v) is 6.90. The van der Waals surface area contributed by atoms with Crippen LogP contribution in [0, 0.1) is 5.92 Å². The maximum atomic E-state index is 12.3. The van der Waals surface area contributed by atoms with E-state index in [0.29, 0.717) is 12.2 Å². The topological polar surface area (TPSA) is 51.9 Å². The summed E-state index contributed by atoms with van der Waals surface area (Å²) in [7, 11) is 0. The molecule has 3 aliphatic rings. The number of carbonyl (C=O) groups is 1. The first-order chi connectivity index (χ1) is 10.7. The minimum Gasteiger partial charge on any atom is -0.472 e. The van der Waals surface area contributed by atoms with Crippen molar-refractivity contribution in [3.05, 3.63) is 24.2 Å². The van der Waals surface area contributed by atoms with Gasteiger partial charge in [-0.15, -0.1) is 0 Å². The molecular weight excluding hydrogens is 282 g/mol. The Morgan fingerprint density at radius 3 is 2.86 bits per heavy atom. The molecule has 1 aliphatic carbocycles. The van der Waals surface area contributed by atoms with E-state index in [2.05, 4.69) is 0 Å². The number of carbonyl (C=O) groups excluding carboxylic acids is 1. The summed E-state index contributed by atoms with van der Waals surface area (Å²) in [5.74, 6) is 0.856. The lowest BCUT2D eigenvalue weighted by molar-refractivity contribution is -0.0410. The molecule has 1 aromatic rings. The Bertz CT molecular complexity index is 515. The third-order valence-electron chi connectivity index (χ3n) is 5.17. The molecule has 0 radical (unpaired) electrons. The van der Waals surface area contributed by atoms with Crippen LogP contribution in [0.15, 0.2) is 23.0 Å². The van der Waals surface area contributed by atoms with Gasteiger partial charge >= 0.3 is 0 Å². The lowest BCUT2D eigenvalue weighted by Gasteiger charge is -2.38. The van der Waals surface area contributed by atoms with E-state index in [0.717, 1.165) is 44.9 Å². The van der Waals surface area contributed by atoms with Crippen LogP contribution < -0.4 is 0 Å². The van der Waals surface area contributed by atoms with Crippen LogP contribution in [-0.4, -0.2) is 48.8 Å². The Labute approximate surface area is 130 Å². The van der Waals surface area contributed by atoms with Gasteiger partial charge in [0.2, 0.25) is 0 Å². The SMILES string of the molecule is O=C(c1ccoc1)N1CCC2(CC1)CC(OCC1CC1)CO2. The standard InChI is InChI=1S/C17H23NO4/c19-16(14-3-8-20-11-14)18-6-4-17(5-7-18)9-15(12-22-17)21-10-13-1-2-13/h3,8,11,13,15H,1-2,4-7,9-10,12H2. The van der Waals surface area contributed by atoms with Crippen LogP contribution in [0.4, 0.5) is 0 Å². The number of ether oxygens (including phenoxy) is 2. The van der Waals surface area contributed by atoms with Crippen molar-refractivity contribution in [3.8, 4) is 0 Å². The van der Waals surface area contributed by atoms with Crippen molar-refractivity contribution in [3.63, 3.8) is 0 Å². The minimum absolute atomic E-state index is 0.0585. The number of amides is 1. The molecule has 22 heavy (non-hydrogen) atoms. The fourth-order valence-corrected chi connectivity index (χ4v) is 3.50. The third-order valence-corrected chi connectivity index (χ3v) is 5.17. The van der Waals surface area contributed by atoms with Gasteiger partial charge in [-0.25, -0.2) is 0 Å². The lowest BCUT2D eigenvalue weighted by Crippen LogP contribution is -2.46. The van der Waals surface area contributed by atoms with E-state index >= 15 is 0 Å². The first-order valence-electron chi connectivity index (χ1n) is 8.31. The summed E-state index contributed by atoms with van der Waals surface area (Å²) >= 11 is 0. The molecule has 0 aromatic carbocycles. The van der Waals surface area contributed by atoms with Crippen molar-refractivity contribution in [1.82, 2.24) is 4.90 Å². The monoisotopic (exact) mass is 305 g/mol. The molecule has 2 saturated heterocycles. The molecule has 5 nitrogen and oxygen atoms in total. The predicted molar refractivity (Wildman–Crippen MR) is 79.6 cm³/mol. The zero-order chi connectivity index (χ0) is 15.0. The van der Waals surface area contributed by atoms with Gasteiger partial charge in [0, 0.05) is 26.1 Å². The summed E-state index contributed by atoms with van der Waals surface area (Å²) in [6, 6.07) is 1.72. The van der Waals surface area contributed by atoms with Gasteiger partial charge in [0.15, 0.2) is 0 Å². The van der Waals surface area contributed by atoms with Gasteiger partial charge in [-0.05, 0) is 37.7 Å². The molecule has 1 unspecified atom stereocenters. The van der Waals surface area contributed by atoms with Crippen LogP contribution in [0.3, 0.4) is 0 Å². The zero-order valence-electron chi connectivity index (χ0n) is 12.8. The van der Waals surface area contributed by atoms with E-state index in [-0.39, 0.29) is 17.6 Å². The fraction of sp³-hybridized carbons (Fsp3) is 0.706. The van der Waals surface area contributed by atoms with Crippen LogP contribution >= 0.6 is 0 Å². The molecule has 4 rings (SSSR count). The van der Waals surface area contributed by atoms with Crippen molar-refractivity contribution in [2.75, 3.05) is 26.3 Å². The normalized spacial score (nSPS) is 27.5. The Balaban J connectivity index is 1.29. The Kier molecular flexibility index (Phi) is 3.70. The molecule has 1 aromatic heterocycles. The highest BCUT2D eigenvalue weighted by Crippen LogP contribution is 2.38. The largest absolute Gasteiger partial charge is 0.472 e. The number of furan rings is 1. The maximum absolute atomic E-state index is 12.3. The molecule has 120 valence electrons. The molecular formula is C17H23NO4. The van der Waals surface area contributed by atoms with Gasteiger partial charge in [0.1, 0.15) is 6.26 Å². The molecule has 3 heterocycles. The molecule has 3 fully saturated rings. The van der Waals surface area contributed by atoms with E-state index < -0.39 is 0 Å². The van der Waals surface area contributed by atoms with Crippen molar-refractivity contribution in [2.24, 2.45) is 5.92 Å². The predicted octanol–water partition coefficient (Wildman–Crippen LogP) is 2.47. The van der Waals surface area contributed by atoms with Gasteiger partial charge in [-0.1, -0.05) is 0 Å². The average Bonchev–Trinajstić information content (AvgIpc) is 3.06. The van der Waals surface area contributed by atoms with Gasteiger partial charge in [0.25, 0.3) is 5.91 Å². The van der Waals surface area contributed by atoms with E-state index in [4.69, 9.17) is 13.9 Å². The van der Waals surface area contributed by atoms with E-state index in [1.165, 1.54) is 19.1 Å². The zero-order valence-corrected chi connectivity index (χ0v) is 12.8. The highest BCUT2D eigenvalue weighted by atomic mass is 16.6. The second-order valence-electron chi connectivity index (χ2n) is 6.90. The fourth-order valence-electron chi connectivity index (χ4n) is 3.50. The van der Waals surface area contributed by atoms with Gasteiger partial charge < -0.3 is 18.8 Å².